The van der Waals surface area contributed by atoms with Crippen LogP contribution in [0.1, 0.15) is 83.5 Å². The third-order valence-electron chi connectivity index (χ3n) is 32.5. The Bertz CT molecular complexity index is 8950. The van der Waals surface area contributed by atoms with Gasteiger partial charge >= 0.3 is 0 Å². The molecule has 0 unspecified atom stereocenters. The fourth-order valence-corrected chi connectivity index (χ4v) is 32.3. The van der Waals surface area contributed by atoms with Crippen molar-refractivity contribution in [1.82, 2.24) is 0 Å². The topological polar surface area (TPSA) is 21.8 Å². The van der Waals surface area contributed by atoms with Crippen molar-refractivity contribution in [2.24, 2.45) is 0 Å². The predicted octanol–water partition coefficient (Wildman–Crippen LogP) is 20.6. The maximum Gasteiger partial charge on any atom is 0.183 e. The summed E-state index contributed by atoms with van der Waals surface area (Å²) in [4.78, 5) is 0. The molecule has 7 heteroatoms. The van der Waals surface area contributed by atoms with Crippen LogP contribution in [0.3, 0.4) is 0 Å². The Hall–Kier alpha value is -11.3. The van der Waals surface area contributed by atoms with E-state index >= 15 is 22.0 Å². The summed E-state index contributed by atoms with van der Waals surface area (Å²) in [5, 5.41) is 53.7. The van der Waals surface area contributed by atoms with Crippen LogP contribution in [-0.2, 0) is 31.8 Å². The van der Waals surface area contributed by atoms with Crippen molar-refractivity contribution in [1.29, 1.82) is 0 Å². The molecule has 2 nitrogen and oxygen atoms in total. The number of halogens is 5. The molecule has 1 fully saturated rings. The highest BCUT2D eigenvalue weighted by Crippen LogP contribution is 3.02. The van der Waals surface area contributed by atoms with Crippen molar-refractivity contribution in [3.05, 3.63) is 239 Å². The number of hydrogen-bond acceptors (Lipinski definition) is 2. The van der Waals surface area contributed by atoms with Gasteiger partial charge in [-0.1, -0.05) is 54.6 Å². The van der Waals surface area contributed by atoms with E-state index in [4.69, 9.17) is 4.74 Å². The van der Waals surface area contributed by atoms with Crippen LogP contribution in [0, 0.1) is 29.1 Å². The zero-order valence-electron chi connectivity index (χ0n) is 49.2. The normalized spacial score (nSPS) is 30.0. The molecule has 0 bridgehead atoms. The van der Waals surface area contributed by atoms with Crippen molar-refractivity contribution in [3.63, 3.8) is 0 Å². The largest absolute Gasteiger partial charge is 0.477 e. The van der Waals surface area contributed by atoms with E-state index in [0.29, 0.717) is 5.75 Å². The Kier molecular flexibility index (Phi) is 4.11. The summed E-state index contributed by atoms with van der Waals surface area (Å²) in [6.45, 7) is 0. The third-order valence-corrected chi connectivity index (χ3v) is 32.5. The fourth-order valence-electron chi connectivity index (χ4n) is 32.3. The van der Waals surface area contributed by atoms with Gasteiger partial charge in [0.15, 0.2) is 11.2 Å². The Morgan fingerprint density at radius 1 is 0.216 bits per heavy atom. The van der Waals surface area contributed by atoms with Gasteiger partial charge in [0.2, 0.25) is 0 Å². The summed E-state index contributed by atoms with van der Waals surface area (Å²) in [5.74, 6) is -1.28. The van der Waals surface area contributed by atoms with Gasteiger partial charge in [0.1, 0.15) is 40.4 Å². The molecule has 26 aromatic carbocycles. The lowest BCUT2D eigenvalue weighted by Crippen LogP contribution is -2.77. The Balaban J connectivity index is 1.02. The van der Waals surface area contributed by atoms with Crippen LogP contribution in [0.25, 0.3) is 215 Å². The van der Waals surface area contributed by atoms with E-state index in [0.717, 1.165) is 39.0 Å². The van der Waals surface area contributed by atoms with Crippen molar-refractivity contribution in [2.45, 2.75) is 43.9 Å². The van der Waals surface area contributed by atoms with Crippen molar-refractivity contribution >= 4 is 215 Å². The minimum Gasteiger partial charge on any atom is -0.477 e. The van der Waals surface area contributed by atoms with Gasteiger partial charge in [-0.3, -0.25) is 0 Å². The Labute approximate surface area is 532 Å². The number of hydrogen-bond donors (Lipinski definition) is 0. The summed E-state index contributed by atoms with van der Waals surface area (Å²) in [6, 6.07) is 35.7. The molecule has 8 atom stereocenters. The summed E-state index contributed by atoms with van der Waals surface area (Å²) in [7, 11) is 0. The summed E-state index contributed by atoms with van der Waals surface area (Å²) in [6.07, 6.45) is 0. The number of ether oxygens (including phenoxy) is 2. The van der Waals surface area contributed by atoms with Gasteiger partial charge in [0.25, 0.3) is 0 Å². The first kappa shape index (κ1) is 40.9. The lowest BCUT2D eigenvalue weighted by Gasteiger charge is -2.64. The van der Waals surface area contributed by atoms with Gasteiger partial charge in [-0.15, -0.1) is 0 Å². The molecule has 1 saturated heterocycles. The second-order valence-corrected chi connectivity index (χ2v) is 33.2. The zero-order chi connectivity index (χ0) is 60.2. The Morgan fingerprint density at radius 3 is 0.825 bits per heavy atom. The van der Waals surface area contributed by atoms with E-state index in [1.807, 2.05) is 0 Å². The molecule has 0 radical (unpaired) electrons. The average molecular weight is 1230 g/mol. The summed E-state index contributed by atoms with van der Waals surface area (Å²) < 4.78 is 104. The minimum absolute atomic E-state index is 0.334. The molecule has 26 aromatic rings. The smallest absolute Gasteiger partial charge is 0.183 e. The predicted molar refractivity (Wildman–Crippen MR) is 366 cm³/mol. The Morgan fingerprint density at radius 2 is 0.464 bits per heavy atom. The van der Waals surface area contributed by atoms with Gasteiger partial charge in [0.05, 0.1) is 27.1 Å². The van der Waals surface area contributed by atoms with E-state index in [-0.39, 0.29) is 23.3 Å². The van der Waals surface area contributed by atoms with Gasteiger partial charge < -0.3 is 9.47 Å². The molecule has 0 saturated carbocycles. The summed E-state index contributed by atoms with van der Waals surface area (Å²) >= 11 is 0. The van der Waals surface area contributed by atoms with Gasteiger partial charge in [-0.25, -0.2) is 22.0 Å². The van der Waals surface area contributed by atoms with Crippen LogP contribution in [0.4, 0.5) is 22.0 Å². The molecule has 0 aromatic heterocycles. The first-order valence-corrected chi connectivity index (χ1v) is 34.5. The number of epoxide rings is 1. The van der Waals surface area contributed by atoms with Crippen LogP contribution in [0.15, 0.2) is 126 Å². The molecule has 0 N–H and O–H groups in total. The lowest BCUT2D eigenvalue weighted by molar-refractivity contribution is -0.0411. The first-order valence-electron chi connectivity index (χ1n) is 34.5. The van der Waals surface area contributed by atoms with E-state index < -0.39 is 49.7 Å². The van der Waals surface area contributed by atoms with E-state index in [1.54, 1.807) is 60.7 Å². The molecule has 2 heterocycles. The standard InChI is InChI=1S/C90H19F5O2/c91-24-9-1-20(2-10-24)83-71-62-52-42-36-31-32-34-35-33(31)38-44(42)54-56-46(38)50-40(35)49-48-39(34)47-45-37(32)43-41(36)51(52)61-63-53(43)55(45)65-67-57(47)58(48)68-69-59(49)60(50)70-66(56)76(74(83)64(54)62)87-29-18-17-28(95)19-30(29)96-88(87)81(83)82-84(72(61)71,21-3-11-25(92)12-4-21)73(63)75(65)85(22-5-13-26(93)14-6-22)77(67)78(68)86(79(69)80(70)87,90(88)89(82,85)97-90)23-7-15-27(94)16-8-23/h1-19H/t83-,84+,85+,86+,87-,88+,89-,90-/m0/s1. The molecule has 0 amide bonds. The minimum atomic E-state index is -1.66. The molecule has 39 rings (SSSR count). The van der Waals surface area contributed by atoms with E-state index in [1.165, 1.54) is 271 Å². The molecular formula is C90H19F5O2. The SMILES string of the molecule is Fc1ccc([C@@]23C4=C5[C@@]6(c7ccc(F)cc7)c7c2c2c8c3c3c9c%10c%11c%12c%13c%14c%15c%16c%17c%18c(c6c6c7c7c2c2c%19c8c9c8c9c%10c%13c%10c%13c%14c%17c%14c%17c%18c6c6c7c2c2c(c6%17)c(c%14%13)c(c9%10)c2c%198)[C@@]%162c6ccc(F)cc6O[C@]52[C@@]2(O[C@]42[C@]3%11c2ccc(F)cc2)[C@@]%15%12c2ccc(F)cc2)cc1. The van der Waals surface area contributed by atoms with E-state index in [2.05, 4.69) is 54.6 Å². The number of benzene rings is 20. The highest BCUT2D eigenvalue weighted by Gasteiger charge is 3.09. The van der Waals surface area contributed by atoms with Crippen LogP contribution >= 0.6 is 0 Å². The monoisotopic (exact) mass is 1230 g/mol. The quantitative estimate of drug-likeness (QED) is 0.0758. The number of fused-ring (bicyclic) bond motifs is 1. The lowest BCUT2D eigenvalue weighted by atomic mass is 9.35. The molecule has 13 aliphatic rings. The second kappa shape index (κ2) is 9.76. The third kappa shape index (κ3) is 2.38. The molecule has 4 spiro atoms. The van der Waals surface area contributed by atoms with Crippen molar-refractivity contribution in [3.8, 4) is 5.75 Å². The second-order valence-electron chi connectivity index (χ2n) is 33.2. The van der Waals surface area contributed by atoms with E-state index in [9.17, 15) is 4.74 Å². The molecular weight excluding hydrogens is 1210 g/mol. The molecule has 426 valence electrons. The van der Waals surface area contributed by atoms with Crippen molar-refractivity contribution in [2.75, 3.05) is 0 Å². The van der Waals surface area contributed by atoms with Gasteiger partial charge in [-0.05, 0) is 354 Å². The number of rotatable bonds is 4. The van der Waals surface area contributed by atoms with Crippen molar-refractivity contribution < 1.29 is 31.4 Å². The zero-order valence-corrected chi connectivity index (χ0v) is 49.2. The summed E-state index contributed by atoms with van der Waals surface area (Å²) in [5.41, 5.74) is 7.73. The first-order chi connectivity index (χ1) is 47.8. The van der Waals surface area contributed by atoms with Crippen LogP contribution in [-0.4, -0.2) is 16.8 Å². The van der Waals surface area contributed by atoms with Crippen LogP contribution in [0.5, 0.6) is 5.75 Å². The van der Waals surface area contributed by atoms with Crippen LogP contribution < -0.4 is 4.74 Å². The maximum atomic E-state index is 17.7. The van der Waals surface area contributed by atoms with Gasteiger partial charge in [0, 0.05) is 17.2 Å². The average Bonchev–Trinajstić information content (AvgIpc) is 1.34. The highest BCUT2D eigenvalue weighted by atomic mass is 19.1. The highest BCUT2D eigenvalue weighted by molar-refractivity contribution is 6.77. The van der Waals surface area contributed by atoms with Gasteiger partial charge in [-0.2, -0.15) is 0 Å². The molecule has 11 aliphatic carbocycles. The molecule has 97 heavy (non-hydrogen) atoms. The van der Waals surface area contributed by atoms with Crippen LogP contribution in [0.2, 0.25) is 0 Å². The fraction of sp³-hybridized carbons (Fsp3) is 0.0889. The maximum absolute atomic E-state index is 17.7. The molecule has 2 aliphatic heterocycles.